The molecule has 0 aliphatic carbocycles. The topological polar surface area (TPSA) is 110 Å². The molecular weight excluding hydrogens is 496 g/mol. The highest BCUT2D eigenvalue weighted by molar-refractivity contribution is 7.89. The van der Waals surface area contributed by atoms with E-state index < -0.39 is 10.0 Å². The van der Waals surface area contributed by atoms with E-state index in [1.807, 2.05) is 12.1 Å². The molecule has 1 heterocycles. The normalized spacial score (nSPS) is 13.2. The number of methoxy groups -OCH3 is 3. The lowest BCUT2D eigenvalue weighted by Crippen LogP contribution is -2.31. The first-order valence-corrected chi connectivity index (χ1v) is 13.5. The Morgan fingerprint density at radius 2 is 1.62 bits per heavy atom. The molecule has 2 aromatic rings. The first kappa shape index (κ1) is 28.3. The number of nitrogens with one attached hydrogen (secondary N) is 1. The highest BCUT2D eigenvalue weighted by Gasteiger charge is 2.27. The zero-order valence-corrected chi connectivity index (χ0v) is 22.9. The molecule has 1 aliphatic heterocycles. The van der Waals surface area contributed by atoms with Gasteiger partial charge in [0.1, 0.15) is 16.5 Å². The smallest absolute Gasteiger partial charge is 0.246 e. The monoisotopic (exact) mass is 532 g/mol. The number of nitrogens with zero attached hydrogens (tertiary/aromatic N) is 3. The SMILES string of the molecule is COc1cc(OC)c(S(=O)(=O)N(C)CCCC(=O)N(C)CCc2ccc(C3=NCCN3)cc2)cc1OC. The second kappa shape index (κ2) is 12.8. The number of carbonyl (C=O) groups is 1. The van der Waals surface area contributed by atoms with E-state index in [2.05, 4.69) is 22.4 Å². The Morgan fingerprint density at radius 3 is 2.22 bits per heavy atom. The van der Waals surface area contributed by atoms with Gasteiger partial charge in [-0.25, -0.2) is 12.7 Å². The molecule has 10 nitrogen and oxygen atoms in total. The number of ether oxygens (including phenoxy) is 3. The van der Waals surface area contributed by atoms with Crippen LogP contribution in [0.4, 0.5) is 0 Å². The van der Waals surface area contributed by atoms with Crippen molar-refractivity contribution < 1.29 is 27.4 Å². The number of amidine groups is 1. The maximum atomic E-state index is 13.2. The average molecular weight is 533 g/mol. The van der Waals surface area contributed by atoms with Gasteiger partial charge < -0.3 is 24.4 Å². The van der Waals surface area contributed by atoms with E-state index in [9.17, 15) is 13.2 Å². The number of amides is 1. The molecule has 11 heteroatoms. The van der Waals surface area contributed by atoms with Gasteiger partial charge in [-0.05, 0) is 18.4 Å². The molecule has 0 atom stereocenters. The summed E-state index contributed by atoms with van der Waals surface area (Å²) in [5, 5.41) is 3.26. The van der Waals surface area contributed by atoms with E-state index in [0.717, 1.165) is 36.5 Å². The first-order chi connectivity index (χ1) is 17.7. The van der Waals surface area contributed by atoms with E-state index >= 15 is 0 Å². The number of hydrogen-bond donors (Lipinski definition) is 1. The fourth-order valence-corrected chi connectivity index (χ4v) is 5.33. The molecule has 0 saturated carbocycles. The summed E-state index contributed by atoms with van der Waals surface area (Å²) in [6.45, 7) is 2.43. The van der Waals surface area contributed by atoms with Crippen molar-refractivity contribution in [2.75, 3.05) is 61.6 Å². The molecule has 37 heavy (non-hydrogen) atoms. The lowest BCUT2D eigenvalue weighted by atomic mass is 10.1. The predicted molar refractivity (Wildman–Crippen MR) is 142 cm³/mol. The van der Waals surface area contributed by atoms with Crippen molar-refractivity contribution in [2.24, 2.45) is 4.99 Å². The predicted octanol–water partition coefficient (Wildman–Crippen LogP) is 2.16. The van der Waals surface area contributed by atoms with Gasteiger partial charge in [0.2, 0.25) is 15.9 Å². The van der Waals surface area contributed by atoms with Crippen LogP contribution in [0.2, 0.25) is 0 Å². The Hall–Kier alpha value is -3.31. The van der Waals surface area contributed by atoms with Crippen LogP contribution in [0.25, 0.3) is 0 Å². The van der Waals surface area contributed by atoms with Crippen molar-refractivity contribution >= 4 is 21.8 Å². The quantitative estimate of drug-likeness (QED) is 0.421. The molecule has 0 spiro atoms. The number of carbonyl (C=O) groups excluding carboxylic acids is 1. The lowest BCUT2D eigenvalue weighted by Gasteiger charge is -2.21. The van der Waals surface area contributed by atoms with Gasteiger partial charge in [0.15, 0.2) is 11.5 Å². The molecule has 202 valence electrons. The maximum Gasteiger partial charge on any atom is 0.246 e. The van der Waals surface area contributed by atoms with Crippen molar-refractivity contribution in [1.82, 2.24) is 14.5 Å². The van der Waals surface area contributed by atoms with Crippen LogP contribution in [0.5, 0.6) is 17.2 Å². The van der Waals surface area contributed by atoms with Crippen LogP contribution in [-0.4, -0.2) is 91.0 Å². The van der Waals surface area contributed by atoms with Crippen LogP contribution < -0.4 is 19.5 Å². The molecule has 3 rings (SSSR count). The number of rotatable bonds is 13. The second-order valence-corrected chi connectivity index (χ2v) is 10.7. The zero-order valence-electron chi connectivity index (χ0n) is 22.1. The maximum absolute atomic E-state index is 13.2. The molecule has 1 N–H and O–H groups in total. The molecule has 0 unspecified atom stereocenters. The molecule has 0 saturated heterocycles. The summed E-state index contributed by atoms with van der Waals surface area (Å²) in [5.74, 6) is 1.70. The molecule has 2 aromatic carbocycles. The first-order valence-electron chi connectivity index (χ1n) is 12.1. The Morgan fingerprint density at radius 1 is 0.973 bits per heavy atom. The summed E-state index contributed by atoms with van der Waals surface area (Å²) >= 11 is 0. The van der Waals surface area contributed by atoms with Gasteiger partial charge in [0, 0.05) is 57.8 Å². The Bertz CT molecular complexity index is 1210. The van der Waals surface area contributed by atoms with Crippen molar-refractivity contribution in [3.05, 3.63) is 47.5 Å². The molecule has 0 aromatic heterocycles. The highest BCUT2D eigenvalue weighted by Crippen LogP contribution is 2.38. The zero-order chi connectivity index (χ0) is 27.0. The summed E-state index contributed by atoms with van der Waals surface area (Å²) in [4.78, 5) is 18.7. The Kier molecular flexibility index (Phi) is 9.76. The fraction of sp³-hybridized carbons (Fsp3) is 0.462. The van der Waals surface area contributed by atoms with Crippen LogP contribution in [0.15, 0.2) is 46.3 Å². The van der Waals surface area contributed by atoms with E-state index in [1.54, 1.807) is 11.9 Å². The van der Waals surface area contributed by atoms with E-state index in [-0.39, 0.29) is 35.3 Å². The number of aliphatic imine (C=N–C) groups is 1. The molecule has 0 fully saturated rings. The molecule has 0 radical (unpaired) electrons. The number of likely N-dealkylation sites (N-methyl/N-ethyl adjacent to an activating group) is 1. The summed E-state index contributed by atoms with van der Waals surface area (Å²) < 4.78 is 43.4. The summed E-state index contributed by atoms with van der Waals surface area (Å²) in [5.41, 5.74) is 2.20. The van der Waals surface area contributed by atoms with Crippen LogP contribution in [0, 0.1) is 0 Å². The highest BCUT2D eigenvalue weighted by atomic mass is 32.2. The van der Waals surface area contributed by atoms with Crippen LogP contribution in [0.3, 0.4) is 0 Å². The van der Waals surface area contributed by atoms with Gasteiger partial charge in [0.05, 0.1) is 27.9 Å². The third-order valence-corrected chi connectivity index (χ3v) is 8.16. The Labute approximate surface area is 219 Å². The molecule has 0 bridgehead atoms. The minimum atomic E-state index is -3.88. The van der Waals surface area contributed by atoms with Gasteiger partial charge in [-0.15, -0.1) is 0 Å². The number of hydrogen-bond acceptors (Lipinski definition) is 8. The standard InChI is InChI=1S/C26H36N4O6S/c1-29(16-12-19-8-10-20(11-9-19)26-27-13-14-28-26)25(31)7-6-15-30(2)37(32,33)24-18-22(35-4)21(34-3)17-23(24)36-5/h8-11,17-18H,6-7,12-16H2,1-5H3,(H,27,28). The third-order valence-electron chi connectivity index (χ3n) is 6.28. The van der Waals surface area contributed by atoms with Crippen molar-refractivity contribution in [3.63, 3.8) is 0 Å². The van der Waals surface area contributed by atoms with E-state index in [1.165, 1.54) is 44.8 Å². The third kappa shape index (κ3) is 6.92. The minimum absolute atomic E-state index is 0.0274. The van der Waals surface area contributed by atoms with Crippen molar-refractivity contribution in [2.45, 2.75) is 24.2 Å². The Balaban J connectivity index is 1.51. The number of sulfonamides is 1. The van der Waals surface area contributed by atoms with Crippen LogP contribution in [-0.2, 0) is 21.2 Å². The van der Waals surface area contributed by atoms with Crippen molar-refractivity contribution in [1.29, 1.82) is 0 Å². The van der Waals surface area contributed by atoms with Gasteiger partial charge >= 0.3 is 0 Å². The molecule has 1 aliphatic rings. The summed E-state index contributed by atoms with van der Waals surface area (Å²) in [7, 11) is 3.66. The molecule has 1 amide bonds. The van der Waals surface area contributed by atoms with Gasteiger partial charge in [-0.2, -0.15) is 0 Å². The molecular formula is C26H36N4O6S. The van der Waals surface area contributed by atoms with Gasteiger partial charge in [0.25, 0.3) is 0 Å². The van der Waals surface area contributed by atoms with Gasteiger partial charge in [-0.1, -0.05) is 24.3 Å². The fourth-order valence-electron chi connectivity index (χ4n) is 3.98. The van der Waals surface area contributed by atoms with Crippen LogP contribution >= 0.6 is 0 Å². The van der Waals surface area contributed by atoms with E-state index in [4.69, 9.17) is 14.2 Å². The van der Waals surface area contributed by atoms with Gasteiger partial charge in [-0.3, -0.25) is 9.79 Å². The van der Waals surface area contributed by atoms with Crippen LogP contribution in [0.1, 0.15) is 24.0 Å². The van der Waals surface area contributed by atoms with E-state index in [0.29, 0.717) is 18.7 Å². The average Bonchev–Trinajstić information content (AvgIpc) is 3.46. The second-order valence-electron chi connectivity index (χ2n) is 8.71. The summed E-state index contributed by atoms with van der Waals surface area (Å²) in [6, 6.07) is 11.0. The summed E-state index contributed by atoms with van der Waals surface area (Å²) in [6.07, 6.45) is 1.36. The largest absolute Gasteiger partial charge is 0.495 e. The lowest BCUT2D eigenvalue weighted by molar-refractivity contribution is -0.130. The van der Waals surface area contributed by atoms with Crippen molar-refractivity contribution in [3.8, 4) is 17.2 Å². The number of benzene rings is 2. The minimum Gasteiger partial charge on any atom is -0.495 e.